The minimum absolute atomic E-state index is 0.0723. The Morgan fingerprint density at radius 3 is 3.00 bits per heavy atom. The molecule has 1 aromatic heterocycles. The zero-order chi connectivity index (χ0) is 8.27. The van der Waals surface area contributed by atoms with Gasteiger partial charge in [0.1, 0.15) is 16.2 Å². The van der Waals surface area contributed by atoms with Gasteiger partial charge in [-0.1, -0.05) is 0 Å². The monoisotopic (exact) mass is 214 g/mol. The molecule has 1 rings (SSSR count). The van der Waals surface area contributed by atoms with Crippen LogP contribution in [0.4, 0.5) is 0 Å². The second kappa shape index (κ2) is 3.57. The van der Waals surface area contributed by atoms with Gasteiger partial charge in [-0.25, -0.2) is 9.97 Å². The lowest BCUT2D eigenvalue weighted by Gasteiger charge is -1.94. The molecule has 0 unspecified atom stereocenters. The topological polar surface area (TPSA) is 42.9 Å². The van der Waals surface area contributed by atoms with E-state index in [1.165, 1.54) is 6.92 Å². The number of hydrogen-bond acceptors (Lipinski definition) is 3. The van der Waals surface area contributed by atoms with Crippen molar-refractivity contribution in [3.8, 4) is 0 Å². The molecule has 0 radical (unpaired) electrons. The first-order valence-electron chi connectivity index (χ1n) is 3.15. The van der Waals surface area contributed by atoms with Crippen LogP contribution >= 0.6 is 15.9 Å². The summed E-state index contributed by atoms with van der Waals surface area (Å²) < 4.78 is 0.712. The quantitative estimate of drug-likeness (QED) is 0.699. The number of hydrogen-bond donors (Lipinski definition) is 0. The Hall–Kier alpha value is -0.770. The normalized spacial score (nSPS) is 9.64. The van der Waals surface area contributed by atoms with Crippen LogP contribution in [0.2, 0.25) is 0 Å². The number of nitrogens with zero attached hydrogens (tertiary/aromatic N) is 2. The first-order valence-corrected chi connectivity index (χ1v) is 3.94. The molecule has 1 heterocycles. The van der Waals surface area contributed by atoms with E-state index < -0.39 is 0 Å². The highest BCUT2D eigenvalue weighted by Gasteiger charge is 1.99. The van der Waals surface area contributed by atoms with Gasteiger partial charge in [-0.05, 0) is 28.9 Å². The van der Waals surface area contributed by atoms with E-state index in [1.54, 1.807) is 12.3 Å². The van der Waals surface area contributed by atoms with Crippen molar-refractivity contribution in [3.63, 3.8) is 0 Å². The highest BCUT2D eigenvalue weighted by Crippen LogP contribution is 2.03. The van der Waals surface area contributed by atoms with Crippen LogP contribution < -0.4 is 0 Å². The Morgan fingerprint density at radius 1 is 1.73 bits per heavy atom. The van der Waals surface area contributed by atoms with Crippen molar-refractivity contribution < 1.29 is 4.79 Å². The molecule has 0 fully saturated rings. The molecule has 0 N–H and O–H groups in total. The number of aromatic nitrogens is 2. The molecule has 11 heavy (non-hydrogen) atoms. The van der Waals surface area contributed by atoms with Crippen LogP contribution in [-0.2, 0) is 11.2 Å². The lowest BCUT2D eigenvalue weighted by Crippen LogP contribution is -2.01. The number of Topliss-reactive ketones (excluding diaryl/α,β-unsaturated/α-hetero) is 1. The smallest absolute Gasteiger partial charge is 0.137 e. The van der Waals surface area contributed by atoms with Crippen molar-refractivity contribution in [1.82, 2.24) is 9.97 Å². The van der Waals surface area contributed by atoms with Gasteiger partial charge in [-0.2, -0.15) is 0 Å². The molecule has 0 aliphatic heterocycles. The highest BCUT2D eigenvalue weighted by molar-refractivity contribution is 9.10. The molecule has 0 bridgehead atoms. The van der Waals surface area contributed by atoms with Crippen LogP contribution in [0.1, 0.15) is 12.7 Å². The molecule has 0 aliphatic carbocycles. The van der Waals surface area contributed by atoms with E-state index in [0.29, 0.717) is 16.8 Å². The minimum Gasteiger partial charge on any atom is -0.300 e. The Labute approximate surface area is 73.0 Å². The minimum atomic E-state index is 0.0723. The lowest BCUT2D eigenvalue weighted by molar-refractivity contribution is -0.116. The Kier molecular flexibility index (Phi) is 2.70. The van der Waals surface area contributed by atoms with Gasteiger partial charge in [0.15, 0.2) is 0 Å². The van der Waals surface area contributed by atoms with Crippen LogP contribution in [0.25, 0.3) is 0 Å². The molecule has 0 aromatic carbocycles. The Balaban J connectivity index is 2.79. The van der Waals surface area contributed by atoms with Crippen molar-refractivity contribution in [2.75, 3.05) is 0 Å². The summed E-state index contributed by atoms with van der Waals surface area (Å²) in [5.74, 6) is 0.634. The summed E-state index contributed by atoms with van der Waals surface area (Å²) in [5, 5.41) is 0. The van der Waals surface area contributed by atoms with E-state index in [0.717, 1.165) is 0 Å². The molecule has 3 nitrogen and oxygen atoms in total. The van der Waals surface area contributed by atoms with Gasteiger partial charge in [0.25, 0.3) is 0 Å². The number of carbonyl (C=O) groups is 1. The van der Waals surface area contributed by atoms with Crippen molar-refractivity contribution >= 4 is 21.7 Å². The van der Waals surface area contributed by atoms with Gasteiger partial charge in [-0.3, -0.25) is 4.79 Å². The average molecular weight is 215 g/mol. The maximum Gasteiger partial charge on any atom is 0.137 e. The van der Waals surface area contributed by atoms with Gasteiger partial charge in [0.2, 0.25) is 0 Å². The Morgan fingerprint density at radius 2 is 2.45 bits per heavy atom. The number of ketones is 1. The van der Waals surface area contributed by atoms with Gasteiger partial charge >= 0.3 is 0 Å². The molecule has 4 heteroatoms. The fourth-order valence-electron chi connectivity index (χ4n) is 0.682. The maximum atomic E-state index is 10.6. The summed E-state index contributed by atoms with van der Waals surface area (Å²) in [6, 6.07) is 1.73. The van der Waals surface area contributed by atoms with E-state index in [4.69, 9.17) is 0 Å². The molecule has 0 spiro atoms. The summed E-state index contributed by atoms with van der Waals surface area (Å²) in [4.78, 5) is 18.5. The third kappa shape index (κ3) is 2.76. The molecule has 0 saturated carbocycles. The summed E-state index contributed by atoms with van der Waals surface area (Å²) in [5.41, 5.74) is 0. The summed E-state index contributed by atoms with van der Waals surface area (Å²) in [6.07, 6.45) is 1.93. The van der Waals surface area contributed by atoms with Crippen LogP contribution in [0, 0.1) is 0 Å². The average Bonchev–Trinajstić information content (AvgIpc) is 1.85. The van der Waals surface area contributed by atoms with Crippen molar-refractivity contribution in [2.45, 2.75) is 13.3 Å². The van der Waals surface area contributed by atoms with Crippen LogP contribution in [-0.4, -0.2) is 15.8 Å². The molecular weight excluding hydrogens is 208 g/mol. The third-order valence-corrected chi connectivity index (χ3v) is 1.52. The fraction of sp³-hybridized carbons (Fsp3) is 0.286. The molecule has 0 saturated heterocycles. The summed E-state index contributed by atoms with van der Waals surface area (Å²) >= 11 is 3.19. The van der Waals surface area contributed by atoms with Gasteiger partial charge < -0.3 is 0 Å². The van der Waals surface area contributed by atoms with Crippen molar-refractivity contribution in [1.29, 1.82) is 0 Å². The first kappa shape index (κ1) is 8.33. The molecule has 58 valence electrons. The maximum absolute atomic E-state index is 10.6. The third-order valence-electron chi connectivity index (χ3n) is 1.08. The Bertz CT molecular complexity index is 275. The van der Waals surface area contributed by atoms with Crippen molar-refractivity contribution in [2.24, 2.45) is 0 Å². The zero-order valence-corrected chi connectivity index (χ0v) is 7.63. The fourth-order valence-corrected chi connectivity index (χ4v) is 1.00. The molecule has 0 atom stereocenters. The molecular formula is C7H7BrN2O. The van der Waals surface area contributed by atoms with Gasteiger partial charge in [-0.15, -0.1) is 0 Å². The van der Waals surface area contributed by atoms with Crippen LogP contribution in [0.15, 0.2) is 16.9 Å². The largest absolute Gasteiger partial charge is 0.300 e. The van der Waals surface area contributed by atoms with E-state index in [-0.39, 0.29) is 5.78 Å². The van der Waals surface area contributed by atoms with E-state index in [2.05, 4.69) is 25.9 Å². The van der Waals surface area contributed by atoms with Gasteiger partial charge in [0.05, 0.1) is 6.42 Å². The van der Waals surface area contributed by atoms with Crippen LogP contribution in [0.5, 0.6) is 0 Å². The number of rotatable bonds is 2. The van der Waals surface area contributed by atoms with Crippen LogP contribution in [0.3, 0.4) is 0 Å². The lowest BCUT2D eigenvalue weighted by atomic mass is 10.3. The zero-order valence-electron chi connectivity index (χ0n) is 6.04. The molecule has 1 aromatic rings. The van der Waals surface area contributed by atoms with Crippen molar-refractivity contribution in [3.05, 3.63) is 22.7 Å². The number of halogens is 1. The summed E-state index contributed by atoms with van der Waals surface area (Å²) in [6.45, 7) is 1.52. The number of carbonyl (C=O) groups excluding carboxylic acids is 1. The standard InChI is InChI=1S/C7H7BrN2O/c1-5(11)4-7-9-3-2-6(8)10-7/h2-3H,4H2,1H3. The van der Waals surface area contributed by atoms with Gasteiger partial charge in [0, 0.05) is 6.20 Å². The predicted octanol–water partition coefficient (Wildman–Crippen LogP) is 1.37. The predicted molar refractivity (Wildman–Crippen MR) is 44.1 cm³/mol. The van der Waals surface area contributed by atoms with E-state index in [1.807, 2.05) is 0 Å². The van der Waals surface area contributed by atoms with E-state index >= 15 is 0 Å². The molecule has 0 amide bonds. The molecule has 0 aliphatic rings. The SMILES string of the molecule is CC(=O)Cc1nccc(Br)n1. The second-order valence-electron chi connectivity index (χ2n) is 2.17. The first-order chi connectivity index (χ1) is 5.18. The highest BCUT2D eigenvalue weighted by atomic mass is 79.9. The van der Waals surface area contributed by atoms with E-state index in [9.17, 15) is 4.79 Å². The summed E-state index contributed by atoms with van der Waals surface area (Å²) in [7, 11) is 0. The second-order valence-corrected chi connectivity index (χ2v) is 2.99.